The molecule has 1 heteroatoms. The predicted molar refractivity (Wildman–Crippen MR) is 60.0 cm³/mol. The zero-order chi connectivity index (χ0) is 10.3. The van der Waals surface area contributed by atoms with Crippen molar-refractivity contribution in [2.45, 2.75) is 27.7 Å². The molecule has 0 aromatic carbocycles. The van der Waals surface area contributed by atoms with Crippen molar-refractivity contribution in [3.63, 3.8) is 0 Å². The lowest BCUT2D eigenvalue weighted by Gasteiger charge is -2.20. The fourth-order valence-corrected chi connectivity index (χ4v) is 1.04. The summed E-state index contributed by atoms with van der Waals surface area (Å²) in [4.78, 5) is 2.01. The maximum atomic E-state index is 3.72. The lowest BCUT2D eigenvalue weighted by Crippen LogP contribution is -2.09. The summed E-state index contributed by atoms with van der Waals surface area (Å²) in [5.74, 6) is 0. The van der Waals surface area contributed by atoms with E-state index < -0.39 is 0 Å². The van der Waals surface area contributed by atoms with Crippen LogP contribution in [0.25, 0.3) is 0 Å². The SMILES string of the molecule is C=CN1C=C(C)C=C/C1=C/C.CC. The Bertz CT molecular complexity index is 244. The van der Waals surface area contributed by atoms with Gasteiger partial charge in [-0.05, 0) is 25.5 Å². The standard InChI is InChI=1S/C10H13N.C2H6/c1-4-10-7-6-9(3)8-11(10)5-2;1-2/h4-8H,2H2,1,3H3;1-2H3/b10-4-;. The summed E-state index contributed by atoms with van der Waals surface area (Å²) in [6, 6.07) is 0. The molecular weight excluding hydrogens is 158 g/mol. The summed E-state index contributed by atoms with van der Waals surface area (Å²) in [5.41, 5.74) is 2.42. The Labute approximate surface area is 81.8 Å². The first-order valence-corrected chi connectivity index (χ1v) is 4.71. The number of allylic oxidation sites excluding steroid dienone is 4. The van der Waals surface area contributed by atoms with E-state index in [9.17, 15) is 0 Å². The number of hydrogen-bond acceptors (Lipinski definition) is 1. The van der Waals surface area contributed by atoms with E-state index in [1.165, 1.54) is 11.3 Å². The molecule has 72 valence electrons. The van der Waals surface area contributed by atoms with Gasteiger partial charge in [0.05, 0.1) is 0 Å². The Morgan fingerprint density at radius 1 is 1.31 bits per heavy atom. The Hall–Kier alpha value is -1.24. The van der Waals surface area contributed by atoms with Gasteiger partial charge in [-0.25, -0.2) is 0 Å². The summed E-state index contributed by atoms with van der Waals surface area (Å²) in [6.45, 7) is 11.8. The average molecular weight is 177 g/mol. The first-order valence-electron chi connectivity index (χ1n) is 4.71. The molecule has 0 spiro atoms. The smallest absolute Gasteiger partial charge is 0.0406 e. The first kappa shape index (κ1) is 11.8. The quantitative estimate of drug-likeness (QED) is 0.588. The van der Waals surface area contributed by atoms with Crippen molar-refractivity contribution in [2.24, 2.45) is 0 Å². The van der Waals surface area contributed by atoms with Crippen molar-refractivity contribution in [3.05, 3.63) is 48.5 Å². The van der Waals surface area contributed by atoms with Crippen molar-refractivity contribution in [3.8, 4) is 0 Å². The largest absolute Gasteiger partial charge is 0.325 e. The lowest BCUT2D eigenvalue weighted by molar-refractivity contribution is 0.639. The van der Waals surface area contributed by atoms with Crippen LogP contribution in [0.3, 0.4) is 0 Å². The van der Waals surface area contributed by atoms with Gasteiger partial charge >= 0.3 is 0 Å². The van der Waals surface area contributed by atoms with Gasteiger partial charge in [-0.2, -0.15) is 0 Å². The molecule has 1 aliphatic heterocycles. The van der Waals surface area contributed by atoms with E-state index >= 15 is 0 Å². The summed E-state index contributed by atoms with van der Waals surface area (Å²) in [7, 11) is 0. The second-order valence-electron chi connectivity index (χ2n) is 2.51. The summed E-state index contributed by atoms with van der Waals surface area (Å²) in [6.07, 6.45) is 10.1. The van der Waals surface area contributed by atoms with Crippen molar-refractivity contribution in [2.75, 3.05) is 0 Å². The van der Waals surface area contributed by atoms with E-state index in [0.29, 0.717) is 0 Å². The first-order chi connectivity index (χ1) is 6.27. The molecule has 0 aromatic heterocycles. The molecule has 0 fully saturated rings. The summed E-state index contributed by atoms with van der Waals surface area (Å²) in [5, 5.41) is 0. The molecule has 0 bridgehead atoms. The molecule has 1 heterocycles. The van der Waals surface area contributed by atoms with E-state index in [-0.39, 0.29) is 0 Å². The van der Waals surface area contributed by atoms with Crippen LogP contribution in [-0.4, -0.2) is 4.90 Å². The van der Waals surface area contributed by atoms with Gasteiger partial charge in [0.15, 0.2) is 0 Å². The highest BCUT2D eigenvalue weighted by atomic mass is 15.1. The Kier molecular flexibility index (Phi) is 5.69. The average Bonchev–Trinajstić information content (AvgIpc) is 2.20. The Morgan fingerprint density at radius 3 is 2.38 bits per heavy atom. The highest BCUT2D eigenvalue weighted by Crippen LogP contribution is 2.15. The van der Waals surface area contributed by atoms with Crippen molar-refractivity contribution in [1.82, 2.24) is 4.90 Å². The maximum Gasteiger partial charge on any atom is 0.0406 e. The number of nitrogens with zero attached hydrogens (tertiary/aromatic N) is 1. The highest BCUT2D eigenvalue weighted by molar-refractivity contribution is 5.33. The number of hydrogen-bond donors (Lipinski definition) is 0. The maximum absolute atomic E-state index is 3.72. The van der Waals surface area contributed by atoms with E-state index in [1.807, 2.05) is 31.9 Å². The summed E-state index contributed by atoms with van der Waals surface area (Å²) >= 11 is 0. The van der Waals surface area contributed by atoms with Gasteiger partial charge in [-0.1, -0.05) is 32.6 Å². The third-order valence-corrected chi connectivity index (χ3v) is 1.65. The number of rotatable bonds is 1. The Balaban J connectivity index is 0.000000671. The van der Waals surface area contributed by atoms with E-state index in [2.05, 4.69) is 37.9 Å². The molecule has 1 rings (SSSR count). The van der Waals surface area contributed by atoms with E-state index in [0.717, 1.165) is 0 Å². The van der Waals surface area contributed by atoms with Crippen LogP contribution in [0, 0.1) is 0 Å². The van der Waals surface area contributed by atoms with Crippen molar-refractivity contribution in [1.29, 1.82) is 0 Å². The molecule has 0 atom stereocenters. The van der Waals surface area contributed by atoms with E-state index in [4.69, 9.17) is 0 Å². The van der Waals surface area contributed by atoms with Gasteiger partial charge in [-0.15, -0.1) is 0 Å². The monoisotopic (exact) mass is 177 g/mol. The third-order valence-electron chi connectivity index (χ3n) is 1.65. The molecule has 0 amide bonds. The van der Waals surface area contributed by atoms with Crippen LogP contribution in [0.2, 0.25) is 0 Å². The van der Waals surface area contributed by atoms with Crippen LogP contribution in [0.5, 0.6) is 0 Å². The van der Waals surface area contributed by atoms with Crippen LogP contribution in [0.15, 0.2) is 48.5 Å². The minimum atomic E-state index is 1.17. The van der Waals surface area contributed by atoms with Gasteiger partial charge in [0.25, 0.3) is 0 Å². The van der Waals surface area contributed by atoms with Crippen LogP contribution in [0.4, 0.5) is 0 Å². The molecule has 13 heavy (non-hydrogen) atoms. The molecule has 1 nitrogen and oxygen atoms in total. The highest BCUT2D eigenvalue weighted by Gasteiger charge is 2.02. The summed E-state index contributed by atoms with van der Waals surface area (Å²) < 4.78 is 0. The molecule has 0 N–H and O–H groups in total. The molecule has 0 saturated heterocycles. The molecular formula is C12H19N. The molecule has 1 aliphatic rings. The molecule has 0 aliphatic carbocycles. The predicted octanol–water partition coefficient (Wildman–Crippen LogP) is 3.84. The zero-order valence-corrected chi connectivity index (χ0v) is 9.04. The van der Waals surface area contributed by atoms with Gasteiger partial charge in [0.2, 0.25) is 0 Å². The fourth-order valence-electron chi connectivity index (χ4n) is 1.04. The normalized spacial score (nSPS) is 17.7. The van der Waals surface area contributed by atoms with Crippen molar-refractivity contribution >= 4 is 0 Å². The molecule has 0 aromatic rings. The van der Waals surface area contributed by atoms with Crippen LogP contribution >= 0.6 is 0 Å². The van der Waals surface area contributed by atoms with Gasteiger partial charge in [-0.3, -0.25) is 0 Å². The van der Waals surface area contributed by atoms with Crippen LogP contribution in [-0.2, 0) is 0 Å². The molecule has 0 saturated carbocycles. The van der Waals surface area contributed by atoms with Gasteiger partial charge in [0.1, 0.15) is 0 Å². The second kappa shape index (κ2) is 6.30. The topological polar surface area (TPSA) is 3.24 Å². The van der Waals surface area contributed by atoms with E-state index in [1.54, 1.807) is 0 Å². The van der Waals surface area contributed by atoms with Crippen molar-refractivity contribution < 1.29 is 0 Å². The minimum absolute atomic E-state index is 1.17. The van der Waals surface area contributed by atoms with Crippen LogP contribution in [0.1, 0.15) is 27.7 Å². The third kappa shape index (κ3) is 3.32. The lowest BCUT2D eigenvalue weighted by atomic mass is 10.2. The zero-order valence-electron chi connectivity index (χ0n) is 9.04. The fraction of sp³-hybridized carbons (Fsp3) is 0.333. The minimum Gasteiger partial charge on any atom is -0.325 e. The Morgan fingerprint density at radius 2 is 1.92 bits per heavy atom. The van der Waals surface area contributed by atoms with Gasteiger partial charge < -0.3 is 4.90 Å². The second-order valence-corrected chi connectivity index (χ2v) is 2.51. The van der Waals surface area contributed by atoms with Gasteiger partial charge in [0, 0.05) is 18.1 Å². The van der Waals surface area contributed by atoms with Crippen LogP contribution < -0.4 is 0 Å². The molecule has 0 radical (unpaired) electrons. The molecule has 0 unspecified atom stereocenters.